The first kappa shape index (κ1) is 17.2. The molecule has 26 heavy (non-hydrogen) atoms. The summed E-state index contributed by atoms with van der Waals surface area (Å²) in [4.78, 5) is 7.05. The largest absolute Gasteiger partial charge is 0.344 e. The van der Waals surface area contributed by atoms with Crippen LogP contribution in [0.15, 0.2) is 23.5 Å². The van der Waals surface area contributed by atoms with Gasteiger partial charge < -0.3 is 4.98 Å². The molecule has 138 valence electrons. The lowest BCUT2D eigenvalue weighted by molar-refractivity contribution is 0.0142. The van der Waals surface area contributed by atoms with Crippen LogP contribution >= 0.6 is 0 Å². The predicted molar refractivity (Wildman–Crippen MR) is 90.5 cm³/mol. The van der Waals surface area contributed by atoms with E-state index in [0.717, 1.165) is 0 Å². The second-order valence-electron chi connectivity index (χ2n) is 6.41. The van der Waals surface area contributed by atoms with Crippen LogP contribution in [-0.4, -0.2) is 47.8 Å². The minimum atomic E-state index is -2.42. The van der Waals surface area contributed by atoms with E-state index in [9.17, 15) is 17.4 Å². The molecule has 3 heterocycles. The number of hydrogen-bond acceptors (Lipinski definition) is 3. The highest BCUT2D eigenvalue weighted by atomic mass is 32.2. The summed E-state index contributed by atoms with van der Waals surface area (Å²) in [6.07, 6.45) is -0.881. The van der Waals surface area contributed by atoms with Gasteiger partial charge in [-0.25, -0.2) is 26.7 Å². The maximum absolute atomic E-state index is 14.4. The Morgan fingerprint density at radius 1 is 1.35 bits per heavy atom. The third-order valence-electron chi connectivity index (χ3n) is 4.52. The Bertz CT molecular complexity index is 1010. The number of halogens is 3. The number of nitrogens with one attached hydrogen (secondary N) is 1. The number of H-pyrrole nitrogens is 1. The van der Waals surface area contributed by atoms with Gasteiger partial charge in [0.1, 0.15) is 28.2 Å². The molecule has 1 aliphatic rings. The monoisotopic (exact) mass is 383 g/mol. The lowest BCUT2D eigenvalue weighted by Gasteiger charge is -2.36. The molecule has 1 N–H and O–H groups in total. The van der Waals surface area contributed by atoms with Crippen LogP contribution in [0.3, 0.4) is 0 Å². The van der Waals surface area contributed by atoms with Crippen LogP contribution in [0.25, 0.3) is 22.3 Å². The molecule has 1 aliphatic heterocycles. The maximum atomic E-state index is 14.4. The van der Waals surface area contributed by atoms with E-state index in [-0.39, 0.29) is 23.6 Å². The van der Waals surface area contributed by atoms with Gasteiger partial charge >= 0.3 is 0 Å². The molecule has 0 saturated carbocycles. The van der Waals surface area contributed by atoms with Crippen molar-refractivity contribution >= 4 is 21.9 Å². The summed E-state index contributed by atoms with van der Waals surface area (Å²) >= 11 is 0. The Kier molecular flexibility index (Phi) is 4.11. The molecule has 0 aliphatic carbocycles. The molecule has 0 spiro atoms. The van der Waals surface area contributed by atoms with Crippen molar-refractivity contribution in [2.75, 3.05) is 13.1 Å². The summed E-state index contributed by atoms with van der Waals surface area (Å²) in [5, 5.41) is 5.06. The van der Waals surface area contributed by atoms with E-state index < -0.39 is 29.1 Å². The number of hydrogen-bond donors (Lipinski definition) is 1. The van der Waals surface area contributed by atoms with Crippen molar-refractivity contribution in [2.24, 2.45) is 13.0 Å². The Morgan fingerprint density at radius 3 is 2.69 bits per heavy atom. The summed E-state index contributed by atoms with van der Waals surface area (Å²) in [6.45, 7) is 1.85. The van der Waals surface area contributed by atoms with E-state index >= 15 is 0 Å². The quantitative estimate of drug-likeness (QED) is 0.753. The molecule has 3 aromatic rings. The maximum Gasteiger partial charge on any atom is 0.243 e. The van der Waals surface area contributed by atoms with Gasteiger partial charge in [0.15, 0.2) is 5.82 Å². The molecule has 0 bridgehead atoms. The standard InChI is InChI=1S/C16H16F3N5OS/c1-8-3-11(17)14-10(13(8)16-20-7-23(2)22-16)4-12(21-14)26(25)24-5-9(6-24)15(18)19/h3-4,7,9,15,21H,5-6H2,1-2H3. The lowest BCUT2D eigenvalue weighted by atomic mass is 10.0. The minimum Gasteiger partial charge on any atom is -0.344 e. The van der Waals surface area contributed by atoms with E-state index in [1.807, 2.05) is 0 Å². The number of rotatable bonds is 4. The molecular formula is C16H16F3N5OS. The number of aryl methyl sites for hydroxylation is 2. The van der Waals surface area contributed by atoms with E-state index in [0.29, 0.717) is 22.3 Å². The summed E-state index contributed by atoms with van der Waals surface area (Å²) in [5.41, 5.74) is 1.50. The fourth-order valence-corrected chi connectivity index (χ4v) is 4.45. The smallest absolute Gasteiger partial charge is 0.243 e. The molecule has 10 heteroatoms. The second-order valence-corrected chi connectivity index (χ2v) is 7.86. The average molecular weight is 383 g/mol. The molecule has 1 atom stereocenters. The molecule has 1 fully saturated rings. The van der Waals surface area contributed by atoms with Crippen LogP contribution in [0.2, 0.25) is 0 Å². The van der Waals surface area contributed by atoms with E-state index in [1.165, 1.54) is 10.4 Å². The van der Waals surface area contributed by atoms with E-state index in [4.69, 9.17) is 0 Å². The van der Waals surface area contributed by atoms with E-state index in [2.05, 4.69) is 15.1 Å². The van der Waals surface area contributed by atoms with Gasteiger partial charge in [0, 0.05) is 37.0 Å². The SMILES string of the molecule is Cc1cc(F)c2[nH]c(S(=O)N3CC(C(F)F)C3)cc2c1-c1ncn(C)n1. The van der Waals surface area contributed by atoms with Crippen molar-refractivity contribution in [1.82, 2.24) is 24.1 Å². The van der Waals surface area contributed by atoms with Crippen LogP contribution in [0.4, 0.5) is 13.2 Å². The van der Waals surface area contributed by atoms with Gasteiger partial charge in [-0.2, -0.15) is 5.10 Å². The molecule has 0 radical (unpaired) electrons. The number of benzene rings is 1. The van der Waals surface area contributed by atoms with Gasteiger partial charge in [-0.3, -0.25) is 4.68 Å². The van der Waals surface area contributed by atoms with Gasteiger partial charge in [-0.15, -0.1) is 0 Å². The first-order valence-electron chi connectivity index (χ1n) is 7.98. The Morgan fingerprint density at radius 2 is 2.08 bits per heavy atom. The van der Waals surface area contributed by atoms with Crippen molar-refractivity contribution in [1.29, 1.82) is 0 Å². The number of fused-ring (bicyclic) bond motifs is 1. The highest BCUT2D eigenvalue weighted by Gasteiger charge is 2.38. The molecule has 1 unspecified atom stereocenters. The fourth-order valence-electron chi connectivity index (χ4n) is 3.11. The normalized spacial score (nSPS) is 17.2. The predicted octanol–water partition coefficient (Wildman–Crippen LogP) is 2.63. The highest BCUT2D eigenvalue weighted by molar-refractivity contribution is 7.82. The topological polar surface area (TPSA) is 66.8 Å². The Balaban J connectivity index is 1.75. The van der Waals surface area contributed by atoms with Crippen LogP contribution in [0.5, 0.6) is 0 Å². The summed E-state index contributed by atoms with van der Waals surface area (Å²) in [7, 11) is 0.0758. The lowest BCUT2D eigenvalue weighted by Crippen LogP contribution is -2.50. The summed E-state index contributed by atoms with van der Waals surface area (Å²) in [5.74, 6) is -0.807. The van der Waals surface area contributed by atoms with Crippen molar-refractivity contribution in [2.45, 2.75) is 18.4 Å². The van der Waals surface area contributed by atoms with Crippen molar-refractivity contribution in [3.63, 3.8) is 0 Å². The third-order valence-corrected chi connectivity index (χ3v) is 5.88. The molecule has 0 amide bonds. The van der Waals surface area contributed by atoms with Crippen molar-refractivity contribution in [3.05, 3.63) is 29.8 Å². The van der Waals surface area contributed by atoms with Crippen LogP contribution in [-0.2, 0) is 18.0 Å². The first-order valence-corrected chi connectivity index (χ1v) is 9.08. The number of nitrogens with zero attached hydrogens (tertiary/aromatic N) is 4. The summed E-state index contributed by atoms with van der Waals surface area (Å²) in [6, 6.07) is 2.95. The number of aromatic nitrogens is 4. The molecule has 4 rings (SSSR count). The number of alkyl halides is 2. The summed E-state index contributed by atoms with van der Waals surface area (Å²) < 4.78 is 55.2. The highest BCUT2D eigenvalue weighted by Crippen LogP contribution is 2.34. The van der Waals surface area contributed by atoms with E-state index in [1.54, 1.807) is 31.0 Å². The number of aromatic amines is 1. The third kappa shape index (κ3) is 2.73. The van der Waals surface area contributed by atoms with Gasteiger partial charge in [0.05, 0.1) is 5.52 Å². The zero-order valence-corrected chi connectivity index (χ0v) is 14.9. The molecule has 1 saturated heterocycles. The fraction of sp³-hybridized carbons (Fsp3) is 0.375. The molecule has 6 nitrogen and oxygen atoms in total. The van der Waals surface area contributed by atoms with Crippen molar-refractivity contribution < 1.29 is 17.4 Å². The Labute approximate surface area is 149 Å². The minimum absolute atomic E-state index is 0.0514. The van der Waals surface area contributed by atoms with Gasteiger partial charge in [0.25, 0.3) is 0 Å². The van der Waals surface area contributed by atoms with Gasteiger partial charge in [0.2, 0.25) is 6.43 Å². The first-order chi connectivity index (χ1) is 12.3. The Hall–Kier alpha value is -2.20. The molecule has 2 aromatic heterocycles. The molecule has 1 aromatic carbocycles. The van der Waals surface area contributed by atoms with Crippen molar-refractivity contribution in [3.8, 4) is 11.4 Å². The molecular weight excluding hydrogens is 367 g/mol. The van der Waals surface area contributed by atoms with Gasteiger partial charge in [-0.05, 0) is 24.6 Å². The second kappa shape index (κ2) is 6.20. The average Bonchev–Trinajstić information content (AvgIpc) is 3.12. The van der Waals surface area contributed by atoms with Crippen LogP contribution < -0.4 is 0 Å². The van der Waals surface area contributed by atoms with Crippen LogP contribution in [0.1, 0.15) is 5.56 Å². The zero-order valence-electron chi connectivity index (χ0n) is 14.0. The van der Waals surface area contributed by atoms with Crippen LogP contribution in [0, 0.1) is 18.7 Å². The zero-order chi connectivity index (χ0) is 18.6. The van der Waals surface area contributed by atoms with Gasteiger partial charge in [-0.1, -0.05) is 0 Å².